The summed E-state index contributed by atoms with van der Waals surface area (Å²) in [5, 5.41) is 11.5. The molecule has 0 fully saturated rings. The molecule has 1 rings (SSSR count). The van der Waals surface area contributed by atoms with Gasteiger partial charge in [0.25, 0.3) is 5.70 Å². The van der Waals surface area contributed by atoms with Crippen LogP contribution < -0.4 is 0 Å². The molecule has 0 aliphatic carbocycles. The van der Waals surface area contributed by atoms with E-state index in [0.717, 1.165) is 24.1 Å². The van der Waals surface area contributed by atoms with Crippen molar-refractivity contribution in [3.63, 3.8) is 0 Å². The van der Waals surface area contributed by atoms with E-state index in [1.165, 1.54) is 83.5 Å². The van der Waals surface area contributed by atoms with Crippen LogP contribution in [0.5, 0.6) is 0 Å². The number of unbranched alkanes of at least 4 members (excludes halogenated alkanes) is 13. The van der Waals surface area contributed by atoms with E-state index in [-0.39, 0.29) is 22.2 Å². The van der Waals surface area contributed by atoms with Crippen LogP contribution in [-0.2, 0) is 0 Å². The van der Waals surface area contributed by atoms with Crippen molar-refractivity contribution in [2.24, 2.45) is 0 Å². The van der Waals surface area contributed by atoms with Crippen molar-refractivity contribution in [1.82, 2.24) is 4.90 Å². The molecule has 1 aliphatic heterocycles. The van der Waals surface area contributed by atoms with Crippen LogP contribution in [0.4, 0.5) is 0 Å². The highest BCUT2D eigenvalue weighted by Gasteiger charge is 2.38. The molecule has 1 heterocycles. The third-order valence-corrected chi connectivity index (χ3v) is 6.56. The molecular formula is C27H49N2O2. The Hall–Kier alpha value is -1.32. The van der Waals surface area contributed by atoms with Gasteiger partial charge in [0.05, 0.1) is 11.0 Å². The van der Waals surface area contributed by atoms with Gasteiger partial charge in [-0.25, -0.2) is 0 Å². The molecule has 0 saturated heterocycles. The Labute approximate surface area is 192 Å². The van der Waals surface area contributed by atoms with Gasteiger partial charge in [-0.3, -0.25) is 10.1 Å². The van der Waals surface area contributed by atoms with E-state index in [1.54, 1.807) is 0 Å². The number of nitro groups is 1. The molecule has 0 aromatic rings. The van der Waals surface area contributed by atoms with Crippen LogP contribution in [0, 0.1) is 16.2 Å². The highest BCUT2D eigenvalue weighted by molar-refractivity contribution is 5.29. The lowest BCUT2D eigenvalue weighted by Crippen LogP contribution is -2.49. The van der Waals surface area contributed by atoms with Crippen LogP contribution in [-0.4, -0.2) is 21.4 Å². The second-order valence-corrected chi connectivity index (χ2v) is 10.4. The molecular weight excluding hydrogens is 384 g/mol. The van der Waals surface area contributed by atoms with Gasteiger partial charge in [0.2, 0.25) is 0 Å². The fourth-order valence-corrected chi connectivity index (χ4v) is 4.93. The first-order chi connectivity index (χ1) is 14.7. The first kappa shape index (κ1) is 27.7. The summed E-state index contributed by atoms with van der Waals surface area (Å²) in [6, 6.07) is -0.241. The fraction of sp³-hybridized carbons (Fsp3) is 0.852. The summed E-state index contributed by atoms with van der Waals surface area (Å²) >= 11 is 0. The summed E-state index contributed by atoms with van der Waals surface area (Å²) in [6.07, 6.45) is 22.9. The summed E-state index contributed by atoms with van der Waals surface area (Å²) in [4.78, 5) is 13.5. The summed E-state index contributed by atoms with van der Waals surface area (Å²) in [7, 11) is 0. The normalized spacial score (nSPS) is 17.3. The van der Waals surface area contributed by atoms with Crippen molar-refractivity contribution >= 4 is 0 Å². The predicted molar refractivity (Wildman–Crippen MR) is 132 cm³/mol. The van der Waals surface area contributed by atoms with Gasteiger partial charge in [-0.2, -0.15) is 0 Å². The van der Waals surface area contributed by atoms with Gasteiger partial charge in [-0.15, -0.1) is 0 Å². The quantitative estimate of drug-likeness (QED) is 0.139. The standard InChI is InChI=1S/C27H49N2O2/c1-7-8-9-10-11-12-13-14-15-16-17-18-19-20-21-25-22-26(29(30)31)24(3)28(23(25)2)27(4,5)6/h24H,7-21H2,1-6H3. The lowest BCUT2D eigenvalue weighted by Gasteiger charge is -2.44. The highest BCUT2D eigenvalue weighted by atomic mass is 16.6. The average Bonchev–Trinajstić information content (AvgIpc) is 2.68. The van der Waals surface area contributed by atoms with E-state index in [2.05, 4.69) is 45.6 Å². The lowest BCUT2D eigenvalue weighted by atomic mass is 9.92. The fourth-order valence-electron chi connectivity index (χ4n) is 4.93. The zero-order chi connectivity index (χ0) is 23.3. The van der Waals surface area contributed by atoms with Crippen molar-refractivity contribution in [1.29, 1.82) is 0 Å². The maximum absolute atomic E-state index is 11.5. The third-order valence-electron chi connectivity index (χ3n) is 6.56. The molecule has 1 aliphatic rings. The van der Waals surface area contributed by atoms with Gasteiger partial charge >= 0.3 is 0 Å². The van der Waals surface area contributed by atoms with Crippen LogP contribution in [0.25, 0.3) is 0 Å². The molecule has 0 spiro atoms. The Bertz CT molecular complexity index is 587. The molecule has 0 bridgehead atoms. The number of allylic oxidation sites excluding steroid dienone is 3. The van der Waals surface area contributed by atoms with E-state index in [1.807, 2.05) is 6.92 Å². The van der Waals surface area contributed by atoms with Crippen LogP contribution in [0.1, 0.15) is 138 Å². The maximum Gasteiger partial charge on any atom is 0.276 e. The topological polar surface area (TPSA) is 46.4 Å². The van der Waals surface area contributed by atoms with Gasteiger partial charge in [0, 0.05) is 11.2 Å². The molecule has 4 heteroatoms. The summed E-state index contributed by atoms with van der Waals surface area (Å²) in [6.45, 7) is 12.7. The third kappa shape index (κ3) is 10.2. The van der Waals surface area contributed by atoms with Crippen molar-refractivity contribution in [3.05, 3.63) is 33.2 Å². The average molecular weight is 434 g/mol. The molecule has 0 aromatic heterocycles. The summed E-state index contributed by atoms with van der Waals surface area (Å²) < 4.78 is 0. The number of hydrogen-bond acceptors (Lipinski definition) is 3. The van der Waals surface area contributed by atoms with Crippen LogP contribution in [0.3, 0.4) is 0 Å². The minimum atomic E-state index is -0.249. The molecule has 4 nitrogen and oxygen atoms in total. The minimum absolute atomic E-state index is 0.145. The lowest BCUT2D eigenvalue weighted by molar-refractivity contribution is -0.434. The van der Waals surface area contributed by atoms with E-state index in [4.69, 9.17) is 0 Å². The minimum Gasteiger partial charge on any atom is -0.357 e. The molecule has 1 unspecified atom stereocenters. The second kappa shape index (κ2) is 14.7. The molecule has 1 atom stereocenters. The summed E-state index contributed by atoms with van der Waals surface area (Å²) in [5.74, 6) is 0. The highest BCUT2D eigenvalue weighted by Crippen LogP contribution is 2.34. The first-order valence-electron chi connectivity index (χ1n) is 13.0. The van der Waals surface area contributed by atoms with Crippen LogP contribution >= 0.6 is 0 Å². The van der Waals surface area contributed by atoms with Gasteiger partial charge in [-0.05, 0) is 53.0 Å². The van der Waals surface area contributed by atoms with E-state index >= 15 is 0 Å². The Morgan fingerprint density at radius 1 is 0.871 bits per heavy atom. The van der Waals surface area contributed by atoms with Gasteiger partial charge < -0.3 is 4.90 Å². The van der Waals surface area contributed by atoms with Crippen LogP contribution in [0.2, 0.25) is 0 Å². The molecule has 0 N–H and O–H groups in total. The van der Waals surface area contributed by atoms with Crippen molar-refractivity contribution < 1.29 is 4.92 Å². The first-order valence-corrected chi connectivity index (χ1v) is 13.0. The van der Waals surface area contributed by atoms with E-state index < -0.39 is 0 Å². The van der Waals surface area contributed by atoms with Gasteiger partial charge in [0.15, 0.2) is 0 Å². The van der Waals surface area contributed by atoms with Gasteiger partial charge in [-0.1, -0.05) is 90.4 Å². The van der Waals surface area contributed by atoms with Crippen molar-refractivity contribution in [3.8, 4) is 0 Å². The largest absolute Gasteiger partial charge is 0.357 e. The second-order valence-electron chi connectivity index (χ2n) is 10.4. The SMILES string of the molecule is CCCCCCCCCCCCCCCCC1=C(C)N(C(C)(C)C)C(C)C([N+](=O)[O-])=[C]1. The van der Waals surface area contributed by atoms with E-state index in [0.29, 0.717) is 0 Å². The number of nitrogens with zero attached hydrogens (tertiary/aromatic N) is 2. The predicted octanol–water partition coefficient (Wildman–Crippen LogP) is 8.60. The van der Waals surface area contributed by atoms with Gasteiger partial charge in [0.1, 0.15) is 6.04 Å². The smallest absolute Gasteiger partial charge is 0.276 e. The van der Waals surface area contributed by atoms with Crippen molar-refractivity contribution in [2.75, 3.05) is 0 Å². The zero-order valence-corrected chi connectivity index (χ0v) is 21.4. The Morgan fingerprint density at radius 3 is 1.68 bits per heavy atom. The molecule has 0 saturated carbocycles. The Kier molecular flexibility index (Phi) is 13.1. The number of hydrogen-bond donors (Lipinski definition) is 0. The summed E-state index contributed by atoms with van der Waals surface area (Å²) in [5.41, 5.74) is 2.24. The molecule has 1 radical (unpaired) electrons. The zero-order valence-electron chi connectivity index (χ0n) is 21.4. The Balaban J connectivity index is 2.26. The number of rotatable bonds is 16. The molecule has 0 amide bonds. The van der Waals surface area contributed by atoms with Crippen molar-refractivity contribution in [2.45, 2.75) is 149 Å². The van der Waals surface area contributed by atoms with Crippen LogP contribution in [0.15, 0.2) is 17.0 Å². The maximum atomic E-state index is 11.5. The molecule has 0 aromatic carbocycles. The monoisotopic (exact) mass is 433 g/mol. The van der Waals surface area contributed by atoms with E-state index in [9.17, 15) is 10.1 Å². The molecule has 179 valence electrons. The molecule has 31 heavy (non-hydrogen) atoms. The Morgan fingerprint density at radius 2 is 1.29 bits per heavy atom.